The highest BCUT2D eigenvalue weighted by Gasteiger charge is 2.21. The van der Waals surface area contributed by atoms with Gasteiger partial charge in [-0.05, 0) is 112 Å². The van der Waals surface area contributed by atoms with Crippen molar-refractivity contribution in [2.45, 2.75) is 73.3 Å². The van der Waals surface area contributed by atoms with Crippen LogP contribution in [0, 0.1) is 32.5 Å². The van der Waals surface area contributed by atoms with Crippen LogP contribution in [-0.4, -0.2) is 27.8 Å². The van der Waals surface area contributed by atoms with E-state index in [1.165, 1.54) is 63.2 Å². The number of piperidine rings is 1. The second kappa shape index (κ2) is 17.1. The molecule has 0 atom stereocenters. The summed E-state index contributed by atoms with van der Waals surface area (Å²) in [6.07, 6.45) is 5.75. The quantitative estimate of drug-likeness (QED) is 0.169. The number of unbranched alkanes of at least 4 members (excludes halogenated alkanes) is 1. The molecule has 5 aromatic rings. The molecule has 2 heterocycles. The van der Waals surface area contributed by atoms with Gasteiger partial charge in [0.25, 0.3) is 0 Å². The number of allylic oxidation sites excluding steroid dienone is 1. The van der Waals surface area contributed by atoms with Crippen LogP contribution in [0.5, 0.6) is 0 Å². The minimum atomic E-state index is -0.126. The molecule has 1 aromatic heterocycles. The molecule has 242 valence electrons. The first-order valence-corrected chi connectivity index (χ1v) is 16.8. The SMILES string of the molecule is C=C(C)C1CCN(Cc2cccc3c(-c4ccccc4C)nn(C)c23)CC1.CCCCc1cccc(F)c1.Cc1ccccc1C. The molecule has 0 saturated carbocycles. The Labute approximate surface area is 276 Å². The van der Waals surface area contributed by atoms with E-state index >= 15 is 0 Å². The van der Waals surface area contributed by atoms with Crippen molar-refractivity contribution in [3.05, 3.63) is 137 Å². The second-order valence-electron chi connectivity index (χ2n) is 12.8. The Bertz CT molecular complexity index is 1690. The van der Waals surface area contributed by atoms with Crippen molar-refractivity contribution in [2.75, 3.05) is 13.1 Å². The van der Waals surface area contributed by atoms with Gasteiger partial charge in [-0.3, -0.25) is 9.58 Å². The minimum absolute atomic E-state index is 0.126. The summed E-state index contributed by atoms with van der Waals surface area (Å²) >= 11 is 0. The lowest BCUT2D eigenvalue weighted by Gasteiger charge is -2.32. The molecule has 0 spiro atoms. The van der Waals surface area contributed by atoms with E-state index in [4.69, 9.17) is 5.10 Å². The number of fused-ring (bicyclic) bond motifs is 1. The van der Waals surface area contributed by atoms with E-state index in [2.05, 4.69) is 125 Å². The molecule has 0 aliphatic carbocycles. The molecule has 3 nitrogen and oxygen atoms in total. The molecule has 1 saturated heterocycles. The smallest absolute Gasteiger partial charge is 0.123 e. The second-order valence-corrected chi connectivity index (χ2v) is 12.8. The number of para-hydroxylation sites is 1. The fraction of sp³-hybridized carbons (Fsp3) is 0.357. The average Bonchev–Trinajstić information content (AvgIpc) is 3.39. The predicted molar refractivity (Wildman–Crippen MR) is 195 cm³/mol. The van der Waals surface area contributed by atoms with Crippen molar-refractivity contribution in [3.8, 4) is 11.3 Å². The summed E-state index contributed by atoms with van der Waals surface area (Å²) in [4.78, 5) is 2.58. The Kier molecular flexibility index (Phi) is 12.9. The summed E-state index contributed by atoms with van der Waals surface area (Å²) in [5.41, 5.74) is 11.4. The first kappa shape index (κ1) is 34.8. The Morgan fingerprint density at radius 3 is 2.07 bits per heavy atom. The number of nitrogens with zero attached hydrogens (tertiary/aromatic N) is 3. The zero-order valence-electron chi connectivity index (χ0n) is 28.8. The predicted octanol–water partition coefficient (Wildman–Crippen LogP) is 10.8. The van der Waals surface area contributed by atoms with Crippen molar-refractivity contribution in [2.24, 2.45) is 13.0 Å². The van der Waals surface area contributed by atoms with Gasteiger partial charge in [0.15, 0.2) is 0 Å². The molecule has 1 aliphatic heterocycles. The highest BCUT2D eigenvalue weighted by Crippen LogP contribution is 2.32. The first-order valence-electron chi connectivity index (χ1n) is 16.8. The number of hydrogen-bond acceptors (Lipinski definition) is 2. The number of benzene rings is 4. The zero-order chi connectivity index (χ0) is 33.1. The summed E-state index contributed by atoms with van der Waals surface area (Å²) in [5.74, 6) is 0.569. The largest absolute Gasteiger partial charge is 0.299 e. The van der Waals surface area contributed by atoms with E-state index in [0.717, 1.165) is 50.2 Å². The Morgan fingerprint density at radius 1 is 0.848 bits per heavy atom. The number of likely N-dealkylation sites (tertiary alicyclic amines) is 1. The van der Waals surface area contributed by atoms with E-state index in [9.17, 15) is 4.39 Å². The van der Waals surface area contributed by atoms with Gasteiger partial charge in [0.2, 0.25) is 0 Å². The van der Waals surface area contributed by atoms with Crippen LogP contribution in [0.15, 0.2) is 103 Å². The number of halogens is 1. The van der Waals surface area contributed by atoms with Crippen LogP contribution < -0.4 is 0 Å². The third-order valence-electron chi connectivity index (χ3n) is 9.16. The molecule has 4 heteroatoms. The summed E-state index contributed by atoms with van der Waals surface area (Å²) < 4.78 is 14.7. The number of rotatable bonds is 7. The maximum absolute atomic E-state index is 12.6. The molecular weight excluding hydrogens is 565 g/mol. The van der Waals surface area contributed by atoms with E-state index in [1.54, 1.807) is 12.1 Å². The topological polar surface area (TPSA) is 21.1 Å². The summed E-state index contributed by atoms with van der Waals surface area (Å²) in [6, 6.07) is 30.3. The Morgan fingerprint density at radius 2 is 1.48 bits per heavy atom. The maximum atomic E-state index is 12.6. The van der Waals surface area contributed by atoms with Crippen molar-refractivity contribution in [3.63, 3.8) is 0 Å². The average molecular weight is 618 g/mol. The van der Waals surface area contributed by atoms with Gasteiger partial charge in [0, 0.05) is 24.5 Å². The van der Waals surface area contributed by atoms with Gasteiger partial charge in [0.1, 0.15) is 11.5 Å². The zero-order valence-corrected chi connectivity index (χ0v) is 28.8. The summed E-state index contributed by atoms with van der Waals surface area (Å²) in [5, 5.41) is 6.15. The molecular formula is C42H52FN3. The molecule has 1 aliphatic rings. The lowest BCUT2D eigenvalue weighted by atomic mass is 9.91. The molecule has 0 amide bonds. The van der Waals surface area contributed by atoms with Crippen molar-refractivity contribution < 1.29 is 4.39 Å². The molecule has 46 heavy (non-hydrogen) atoms. The van der Waals surface area contributed by atoms with Crippen LogP contribution in [0.25, 0.3) is 22.2 Å². The van der Waals surface area contributed by atoms with Gasteiger partial charge in [-0.25, -0.2) is 4.39 Å². The first-order chi connectivity index (χ1) is 22.2. The minimum Gasteiger partial charge on any atom is -0.299 e. The molecule has 0 unspecified atom stereocenters. The van der Waals surface area contributed by atoms with Crippen molar-refractivity contribution in [1.82, 2.24) is 14.7 Å². The number of aryl methyl sites for hydroxylation is 5. The lowest BCUT2D eigenvalue weighted by Crippen LogP contribution is -2.33. The lowest BCUT2D eigenvalue weighted by molar-refractivity contribution is 0.192. The molecule has 6 rings (SSSR count). The normalized spacial score (nSPS) is 13.5. The van der Waals surface area contributed by atoms with Crippen LogP contribution in [0.2, 0.25) is 0 Å². The molecule has 4 aromatic carbocycles. The molecule has 0 bridgehead atoms. The highest BCUT2D eigenvalue weighted by atomic mass is 19.1. The number of hydrogen-bond donors (Lipinski definition) is 0. The van der Waals surface area contributed by atoms with Gasteiger partial charge in [-0.2, -0.15) is 5.10 Å². The Hall–Kier alpha value is -4.02. The standard InChI is InChI=1S/C24H29N3.C10H13F.C8H10/c1-17(2)19-12-14-27(15-13-19)16-20-9-7-11-22-23(25-26(4)24(20)22)21-10-6-5-8-18(21)3;1-2-3-5-9-6-4-7-10(11)8-9;1-7-5-3-4-6-8(7)2/h5-11,19H,1,12-16H2,2-4H3;4,6-8H,2-3,5H2,1H3;3-6H,1-2H3. The van der Waals surface area contributed by atoms with Crippen molar-refractivity contribution >= 4 is 10.9 Å². The van der Waals surface area contributed by atoms with Gasteiger partial charge in [-0.1, -0.05) is 104 Å². The van der Waals surface area contributed by atoms with E-state index in [1.807, 2.05) is 6.07 Å². The van der Waals surface area contributed by atoms with Crippen LogP contribution in [0.4, 0.5) is 4.39 Å². The van der Waals surface area contributed by atoms with Gasteiger partial charge in [0.05, 0.1) is 5.52 Å². The fourth-order valence-electron chi connectivity index (χ4n) is 6.14. The third-order valence-corrected chi connectivity index (χ3v) is 9.16. The number of aromatic nitrogens is 2. The van der Waals surface area contributed by atoms with Crippen molar-refractivity contribution in [1.29, 1.82) is 0 Å². The van der Waals surface area contributed by atoms with Crippen LogP contribution in [-0.2, 0) is 20.0 Å². The van der Waals surface area contributed by atoms with Crippen LogP contribution in [0.1, 0.15) is 67.3 Å². The molecule has 0 radical (unpaired) electrons. The van der Waals surface area contributed by atoms with Crippen LogP contribution in [0.3, 0.4) is 0 Å². The van der Waals surface area contributed by atoms with Gasteiger partial charge >= 0.3 is 0 Å². The van der Waals surface area contributed by atoms with E-state index < -0.39 is 0 Å². The summed E-state index contributed by atoms with van der Waals surface area (Å²) in [7, 11) is 2.07. The maximum Gasteiger partial charge on any atom is 0.123 e. The molecule has 1 fully saturated rings. The van der Waals surface area contributed by atoms with Gasteiger partial charge in [-0.15, -0.1) is 0 Å². The highest BCUT2D eigenvalue weighted by molar-refractivity contribution is 5.95. The monoisotopic (exact) mass is 617 g/mol. The Balaban J connectivity index is 0.000000206. The third kappa shape index (κ3) is 9.50. The molecule has 0 N–H and O–H groups in total. The fourth-order valence-corrected chi connectivity index (χ4v) is 6.14. The van der Waals surface area contributed by atoms with E-state index in [-0.39, 0.29) is 5.82 Å². The van der Waals surface area contributed by atoms with Gasteiger partial charge < -0.3 is 0 Å². The summed E-state index contributed by atoms with van der Waals surface area (Å²) in [6.45, 7) is 18.1. The van der Waals surface area contributed by atoms with E-state index in [0.29, 0.717) is 5.92 Å². The van der Waals surface area contributed by atoms with Crippen LogP contribution >= 0.6 is 0 Å².